The zero-order valence-electron chi connectivity index (χ0n) is 8.45. The molecule has 0 spiro atoms. The highest BCUT2D eigenvalue weighted by Gasteiger charge is 2.13. The Morgan fingerprint density at radius 1 is 1.50 bits per heavy atom. The van der Waals surface area contributed by atoms with Gasteiger partial charge in [0.05, 0.1) is 17.4 Å². The molecule has 0 aliphatic rings. The van der Waals surface area contributed by atoms with Crippen LogP contribution in [0.3, 0.4) is 0 Å². The van der Waals surface area contributed by atoms with Gasteiger partial charge in [0.1, 0.15) is 11.0 Å². The summed E-state index contributed by atoms with van der Waals surface area (Å²) in [6.07, 6.45) is 1.37. The Morgan fingerprint density at radius 2 is 2.25 bits per heavy atom. The van der Waals surface area contributed by atoms with Gasteiger partial charge in [0.2, 0.25) is 0 Å². The van der Waals surface area contributed by atoms with Crippen molar-refractivity contribution in [2.24, 2.45) is 0 Å². The van der Waals surface area contributed by atoms with Crippen LogP contribution in [0.4, 0.5) is 4.39 Å². The third kappa shape index (κ3) is 1.84. The number of aromatic nitrogens is 2. The molecule has 0 N–H and O–H groups in total. The Hall–Kier alpha value is -1.68. The van der Waals surface area contributed by atoms with Crippen molar-refractivity contribution in [3.05, 3.63) is 47.0 Å². The predicted molar refractivity (Wildman–Crippen MR) is 58.5 cm³/mol. The van der Waals surface area contributed by atoms with Crippen molar-refractivity contribution >= 4 is 17.4 Å². The minimum absolute atomic E-state index is 0.173. The highest BCUT2D eigenvalue weighted by atomic mass is 35.5. The fourth-order valence-corrected chi connectivity index (χ4v) is 1.68. The molecule has 0 unspecified atom stereocenters. The average molecular weight is 239 g/mol. The van der Waals surface area contributed by atoms with Gasteiger partial charge in [0.25, 0.3) is 0 Å². The molecule has 2 rings (SSSR count). The lowest BCUT2D eigenvalue weighted by atomic mass is 10.2. The Bertz CT molecular complexity index is 551. The van der Waals surface area contributed by atoms with Crippen LogP contribution in [0, 0.1) is 5.82 Å². The monoisotopic (exact) mass is 238 g/mol. The van der Waals surface area contributed by atoms with Crippen LogP contribution in [-0.4, -0.2) is 15.6 Å². The maximum absolute atomic E-state index is 13.0. The van der Waals surface area contributed by atoms with Crippen LogP contribution in [0.5, 0.6) is 0 Å². The lowest BCUT2D eigenvalue weighted by Crippen LogP contribution is -1.98. The molecular weight excluding hydrogens is 231 g/mol. The highest BCUT2D eigenvalue weighted by Crippen LogP contribution is 2.20. The number of carbonyl (C=O) groups excluding carboxylic acids is 1. The van der Waals surface area contributed by atoms with Crippen molar-refractivity contribution in [3.8, 4) is 5.69 Å². The Kier molecular flexibility index (Phi) is 2.75. The lowest BCUT2D eigenvalue weighted by molar-refractivity contribution is 0.101. The summed E-state index contributed by atoms with van der Waals surface area (Å²) < 4.78 is 14.3. The molecule has 1 aromatic carbocycles. The summed E-state index contributed by atoms with van der Waals surface area (Å²) in [4.78, 5) is 11.2. The van der Waals surface area contributed by atoms with Gasteiger partial charge in [0.15, 0.2) is 5.78 Å². The first-order chi connectivity index (χ1) is 7.59. The van der Waals surface area contributed by atoms with Crippen LogP contribution in [0.1, 0.15) is 17.3 Å². The molecule has 82 valence electrons. The number of hydrogen-bond acceptors (Lipinski definition) is 2. The standard InChI is InChI=1S/C11H8ClFN2O/c1-7(16)10-6-14-15(11(10)12)9-4-2-3-8(13)5-9/h2-6H,1H3. The third-order valence-corrected chi connectivity index (χ3v) is 2.51. The molecule has 0 atom stereocenters. The van der Waals surface area contributed by atoms with Crippen LogP contribution in [0.15, 0.2) is 30.5 Å². The van der Waals surface area contributed by atoms with E-state index in [-0.39, 0.29) is 16.8 Å². The first-order valence-electron chi connectivity index (χ1n) is 4.60. The molecule has 0 saturated heterocycles. The molecule has 0 saturated carbocycles. The number of rotatable bonds is 2. The maximum atomic E-state index is 13.0. The van der Waals surface area contributed by atoms with Gasteiger partial charge >= 0.3 is 0 Å². The van der Waals surface area contributed by atoms with Gasteiger partial charge in [-0.1, -0.05) is 17.7 Å². The van der Waals surface area contributed by atoms with Crippen LogP contribution < -0.4 is 0 Å². The number of nitrogens with zero attached hydrogens (tertiary/aromatic N) is 2. The first-order valence-corrected chi connectivity index (χ1v) is 4.98. The normalized spacial score (nSPS) is 10.4. The predicted octanol–water partition coefficient (Wildman–Crippen LogP) is 2.87. The fraction of sp³-hybridized carbons (Fsp3) is 0.0909. The van der Waals surface area contributed by atoms with Crippen molar-refractivity contribution in [1.29, 1.82) is 0 Å². The van der Waals surface area contributed by atoms with Crippen LogP contribution in [-0.2, 0) is 0 Å². The Labute approximate surface area is 96.5 Å². The van der Waals surface area contributed by atoms with E-state index < -0.39 is 0 Å². The molecular formula is C11H8ClFN2O. The lowest BCUT2D eigenvalue weighted by Gasteiger charge is -2.02. The SMILES string of the molecule is CC(=O)c1cnn(-c2cccc(F)c2)c1Cl. The zero-order valence-corrected chi connectivity index (χ0v) is 9.20. The van der Waals surface area contributed by atoms with E-state index in [1.165, 1.54) is 29.9 Å². The first kappa shape index (κ1) is 10.8. The van der Waals surface area contributed by atoms with Crippen molar-refractivity contribution in [1.82, 2.24) is 9.78 Å². The van der Waals surface area contributed by atoms with Crippen LogP contribution in [0.25, 0.3) is 5.69 Å². The second kappa shape index (κ2) is 4.06. The van der Waals surface area contributed by atoms with Gasteiger partial charge in [0, 0.05) is 0 Å². The van der Waals surface area contributed by atoms with E-state index in [1.807, 2.05) is 0 Å². The summed E-state index contributed by atoms with van der Waals surface area (Å²) in [5.74, 6) is -0.555. The summed E-state index contributed by atoms with van der Waals surface area (Å²) in [6, 6.07) is 5.83. The molecule has 0 fully saturated rings. The number of benzene rings is 1. The number of Topliss-reactive ketones (excluding diaryl/α,β-unsaturated/α-hetero) is 1. The molecule has 0 aliphatic heterocycles. The number of halogens is 2. The third-order valence-electron chi connectivity index (χ3n) is 2.14. The quantitative estimate of drug-likeness (QED) is 0.754. The molecule has 3 nitrogen and oxygen atoms in total. The number of hydrogen-bond donors (Lipinski definition) is 0. The number of carbonyl (C=O) groups is 1. The van der Waals surface area contributed by atoms with Gasteiger partial charge in [-0.15, -0.1) is 0 Å². The summed E-state index contributed by atoms with van der Waals surface area (Å²) in [5, 5.41) is 4.14. The van der Waals surface area contributed by atoms with Crippen molar-refractivity contribution < 1.29 is 9.18 Å². The minimum Gasteiger partial charge on any atom is -0.294 e. The van der Waals surface area contributed by atoms with E-state index in [9.17, 15) is 9.18 Å². The van der Waals surface area contributed by atoms with Gasteiger partial charge in [-0.2, -0.15) is 5.10 Å². The van der Waals surface area contributed by atoms with Crippen molar-refractivity contribution in [3.63, 3.8) is 0 Å². The molecule has 5 heteroatoms. The minimum atomic E-state index is -0.381. The number of ketones is 1. The second-order valence-corrected chi connectivity index (χ2v) is 3.65. The Morgan fingerprint density at radius 3 is 2.81 bits per heavy atom. The van der Waals surface area contributed by atoms with Gasteiger partial charge in [-0.05, 0) is 25.1 Å². The zero-order chi connectivity index (χ0) is 11.7. The fourth-order valence-electron chi connectivity index (χ4n) is 1.36. The van der Waals surface area contributed by atoms with E-state index in [0.29, 0.717) is 11.3 Å². The summed E-state index contributed by atoms with van der Waals surface area (Å²) >= 11 is 5.96. The van der Waals surface area contributed by atoms with E-state index >= 15 is 0 Å². The summed E-state index contributed by atoms with van der Waals surface area (Å²) in [5.41, 5.74) is 0.809. The van der Waals surface area contributed by atoms with Crippen LogP contribution in [0.2, 0.25) is 5.15 Å². The molecule has 0 bridgehead atoms. The molecule has 0 radical (unpaired) electrons. The second-order valence-electron chi connectivity index (χ2n) is 3.30. The highest BCUT2D eigenvalue weighted by molar-refractivity contribution is 6.33. The van der Waals surface area contributed by atoms with E-state index in [1.54, 1.807) is 12.1 Å². The molecule has 0 aliphatic carbocycles. The van der Waals surface area contributed by atoms with E-state index in [2.05, 4.69) is 5.10 Å². The van der Waals surface area contributed by atoms with Crippen molar-refractivity contribution in [2.75, 3.05) is 0 Å². The van der Waals surface area contributed by atoms with Gasteiger partial charge < -0.3 is 0 Å². The van der Waals surface area contributed by atoms with E-state index in [4.69, 9.17) is 11.6 Å². The van der Waals surface area contributed by atoms with Crippen molar-refractivity contribution in [2.45, 2.75) is 6.92 Å². The van der Waals surface area contributed by atoms with Crippen LogP contribution >= 0.6 is 11.6 Å². The summed E-state index contributed by atoms with van der Waals surface area (Å²) in [6.45, 7) is 1.40. The molecule has 0 amide bonds. The molecule has 1 heterocycles. The molecule has 2 aromatic rings. The topological polar surface area (TPSA) is 34.9 Å². The molecule has 16 heavy (non-hydrogen) atoms. The smallest absolute Gasteiger partial charge is 0.164 e. The molecule has 1 aromatic heterocycles. The van der Waals surface area contributed by atoms with Gasteiger partial charge in [-0.25, -0.2) is 9.07 Å². The summed E-state index contributed by atoms with van der Waals surface area (Å²) in [7, 11) is 0. The van der Waals surface area contributed by atoms with Gasteiger partial charge in [-0.3, -0.25) is 4.79 Å². The average Bonchev–Trinajstić information content (AvgIpc) is 2.60. The Balaban J connectivity index is 2.53. The maximum Gasteiger partial charge on any atom is 0.164 e. The van der Waals surface area contributed by atoms with E-state index in [0.717, 1.165) is 0 Å². The largest absolute Gasteiger partial charge is 0.294 e.